The number of nitrogens with zero attached hydrogens (tertiary/aromatic N) is 2. The van der Waals surface area contributed by atoms with Gasteiger partial charge in [-0.3, -0.25) is 4.31 Å². The Morgan fingerprint density at radius 2 is 1.62 bits per heavy atom. The molecule has 26 heavy (non-hydrogen) atoms. The van der Waals surface area contributed by atoms with Crippen molar-refractivity contribution in [2.45, 2.75) is 31.8 Å². The molecule has 0 aliphatic heterocycles. The molecule has 0 unspecified atom stereocenters. The predicted molar refractivity (Wildman–Crippen MR) is 106 cm³/mol. The highest BCUT2D eigenvalue weighted by Gasteiger charge is 2.27. The topological polar surface area (TPSA) is 60.9 Å². The van der Waals surface area contributed by atoms with E-state index in [4.69, 9.17) is 0 Å². The van der Waals surface area contributed by atoms with Gasteiger partial charge < -0.3 is 10.0 Å². The lowest BCUT2D eigenvalue weighted by Gasteiger charge is -2.29. The zero-order chi connectivity index (χ0) is 19.2. The Bertz CT molecular complexity index is 790. The van der Waals surface area contributed by atoms with Crippen molar-refractivity contribution >= 4 is 15.7 Å². The molecule has 142 valence electrons. The summed E-state index contributed by atoms with van der Waals surface area (Å²) in [5.74, 6) is 0. The first-order valence-corrected chi connectivity index (χ1v) is 10.4. The van der Waals surface area contributed by atoms with Gasteiger partial charge in [-0.25, -0.2) is 8.42 Å². The molecule has 0 fully saturated rings. The normalized spacial score (nSPS) is 13.0. The zero-order valence-electron chi connectivity index (χ0n) is 15.7. The number of anilines is 1. The molecule has 5 nitrogen and oxygen atoms in total. The quantitative estimate of drug-likeness (QED) is 0.731. The fourth-order valence-corrected chi connectivity index (χ4v) is 4.39. The maximum absolute atomic E-state index is 13.2. The van der Waals surface area contributed by atoms with Gasteiger partial charge in [-0.1, -0.05) is 44.2 Å². The molecule has 0 bridgehead atoms. The lowest BCUT2D eigenvalue weighted by Crippen LogP contribution is -2.43. The van der Waals surface area contributed by atoms with Gasteiger partial charge >= 0.3 is 0 Å². The molecule has 0 aromatic heterocycles. The lowest BCUT2D eigenvalue weighted by molar-refractivity contribution is 0.125. The molecule has 0 heterocycles. The molecule has 1 atom stereocenters. The second kappa shape index (κ2) is 9.16. The average molecular weight is 377 g/mol. The van der Waals surface area contributed by atoms with Crippen LogP contribution in [0, 0.1) is 6.92 Å². The van der Waals surface area contributed by atoms with Gasteiger partial charge in [0.25, 0.3) is 10.0 Å². The van der Waals surface area contributed by atoms with Crippen molar-refractivity contribution in [1.29, 1.82) is 0 Å². The predicted octanol–water partition coefficient (Wildman–Crippen LogP) is 2.89. The van der Waals surface area contributed by atoms with Gasteiger partial charge in [0.05, 0.1) is 23.2 Å². The molecule has 0 saturated carbocycles. The number of aliphatic hydroxyl groups is 1. The van der Waals surface area contributed by atoms with Gasteiger partial charge in [-0.2, -0.15) is 0 Å². The van der Waals surface area contributed by atoms with Crippen molar-refractivity contribution in [2.24, 2.45) is 0 Å². The smallest absolute Gasteiger partial charge is 0.264 e. The van der Waals surface area contributed by atoms with Crippen LogP contribution in [0.3, 0.4) is 0 Å². The van der Waals surface area contributed by atoms with Crippen LogP contribution < -0.4 is 4.31 Å². The zero-order valence-corrected chi connectivity index (χ0v) is 16.5. The van der Waals surface area contributed by atoms with Crippen molar-refractivity contribution in [3.63, 3.8) is 0 Å². The summed E-state index contributed by atoms with van der Waals surface area (Å²) < 4.78 is 27.7. The fourth-order valence-electron chi connectivity index (χ4n) is 2.87. The Labute approximate surface area is 156 Å². The van der Waals surface area contributed by atoms with Crippen molar-refractivity contribution in [3.05, 3.63) is 60.2 Å². The van der Waals surface area contributed by atoms with Crippen LogP contribution in [0.15, 0.2) is 59.5 Å². The van der Waals surface area contributed by atoms with Crippen LogP contribution in [0.1, 0.15) is 19.4 Å². The van der Waals surface area contributed by atoms with E-state index in [9.17, 15) is 13.5 Å². The van der Waals surface area contributed by atoms with Gasteiger partial charge in [-0.15, -0.1) is 0 Å². The molecule has 1 N–H and O–H groups in total. The Morgan fingerprint density at radius 3 is 2.19 bits per heavy atom. The number of benzene rings is 2. The molecule has 6 heteroatoms. The summed E-state index contributed by atoms with van der Waals surface area (Å²) in [5, 5.41) is 10.5. The first kappa shape index (κ1) is 20.4. The van der Waals surface area contributed by atoms with E-state index in [1.807, 2.05) is 39.0 Å². The van der Waals surface area contributed by atoms with E-state index in [1.165, 1.54) is 4.31 Å². The summed E-state index contributed by atoms with van der Waals surface area (Å²) in [6.45, 7) is 8.03. The van der Waals surface area contributed by atoms with Crippen molar-refractivity contribution in [1.82, 2.24) is 4.90 Å². The van der Waals surface area contributed by atoms with Gasteiger partial charge in [0.1, 0.15) is 0 Å². The van der Waals surface area contributed by atoms with E-state index in [2.05, 4.69) is 4.90 Å². The number of likely N-dealkylation sites (N-methyl/N-ethyl adjacent to an activating group) is 1. The first-order chi connectivity index (χ1) is 12.4. The molecule has 0 radical (unpaired) electrons. The molecular formula is C20H28N2O3S. The Morgan fingerprint density at radius 1 is 0.962 bits per heavy atom. The van der Waals surface area contributed by atoms with Crippen LogP contribution in [0.4, 0.5) is 5.69 Å². The number of aryl methyl sites for hydroxylation is 1. The minimum atomic E-state index is -3.76. The molecule has 2 aromatic rings. The molecule has 2 rings (SSSR count). The standard InChI is InChI=1S/C20H28N2O3S/c1-4-21(5-2)15-19(23)16-22(18-11-9-10-17(3)14-18)26(24,25)20-12-7-6-8-13-20/h6-14,19,23H,4-5,15-16H2,1-3H3/t19-/m0/s1. The molecular weight excluding hydrogens is 348 g/mol. The Balaban J connectivity index is 2.37. The van der Waals surface area contributed by atoms with E-state index < -0.39 is 16.1 Å². The van der Waals surface area contributed by atoms with Gasteiger partial charge in [0, 0.05) is 6.54 Å². The molecule has 0 spiro atoms. The van der Waals surface area contributed by atoms with Gasteiger partial charge in [-0.05, 0) is 49.8 Å². The maximum atomic E-state index is 13.2. The van der Waals surface area contributed by atoms with Crippen LogP contribution in [-0.4, -0.2) is 50.7 Å². The fraction of sp³-hybridized carbons (Fsp3) is 0.400. The van der Waals surface area contributed by atoms with Crippen LogP contribution in [-0.2, 0) is 10.0 Å². The monoisotopic (exact) mass is 376 g/mol. The summed E-state index contributed by atoms with van der Waals surface area (Å²) in [4.78, 5) is 2.30. The summed E-state index contributed by atoms with van der Waals surface area (Å²) in [7, 11) is -3.76. The second-order valence-electron chi connectivity index (χ2n) is 6.33. The summed E-state index contributed by atoms with van der Waals surface area (Å²) >= 11 is 0. The van der Waals surface area contributed by atoms with E-state index in [0.29, 0.717) is 12.2 Å². The number of hydrogen-bond acceptors (Lipinski definition) is 4. The molecule has 0 aliphatic rings. The lowest BCUT2D eigenvalue weighted by atomic mass is 10.2. The van der Waals surface area contributed by atoms with E-state index >= 15 is 0 Å². The number of sulfonamides is 1. The third kappa shape index (κ3) is 5.06. The SMILES string of the molecule is CCN(CC)C[C@H](O)CN(c1cccc(C)c1)S(=O)(=O)c1ccccc1. The third-order valence-electron chi connectivity index (χ3n) is 4.36. The Hall–Kier alpha value is -1.89. The number of aliphatic hydroxyl groups excluding tert-OH is 1. The summed E-state index contributed by atoms with van der Waals surface area (Å²) in [6, 6.07) is 15.7. The number of rotatable bonds is 9. The average Bonchev–Trinajstić information content (AvgIpc) is 2.64. The largest absolute Gasteiger partial charge is 0.390 e. The highest BCUT2D eigenvalue weighted by molar-refractivity contribution is 7.92. The van der Waals surface area contributed by atoms with E-state index in [-0.39, 0.29) is 11.4 Å². The van der Waals surface area contributed by atoms with Crippen molar-refractivity contribution in [3.8, 4) is 0 Å². The van der Waals surface area contributed by atoms with Crippen molar-refractivity contribution < 1.29 is 13.5 Å². The highest BCUT2D eigenvalue weighted by Crippen LogP contribution is 2.25. The van der Waals surface area contributed by atoms with E-state index in [1.54, 1.807) is 36.4 Å². The van der Waals surface area contributed by atoms with Crippen LogP contribution in [0.25, 0.3) is 0 Å². The molecule has 0 aliphatic carbocycles. The minimum absolute atomic E-state index is 0.0111. The molecule has 2 aromatic carbocycles. The second-order valence-corrected chi connectivity index (χ2v) is 8.19. The number of hydrogen-bond donors (Lipinski definition) is 1. The Kier molecular flexibility index (Phi) is 7.20. The van der Waals surface area contributed by atoms with Crippen LogP contribution >= 0.6 is 0 Å². The third-order valence-corrected chi connectivity index (χ3v) is 6.17. The minimum Gasteiger partial charge on any atom is -0.390 e. The highest BCUT2D eigenvalue weighted by atomic mass is 32.2. The van der Waals surface area contributed by atoms with Crippen LogP contribution in [0.5, 0.6) is 0 Å². The molecule has 0 amide bonds. The maximum Gasteiger partial charge on any atom is 0.264 e. The van der Waals surface area contributed by atoms with E-state index in [0.717, 1.165) is 18.7 Å². The van der Waals surface area contributed by atoms with Gasteiger partial charge in [0.15, 0.2) is 0 Å². The van der Waals surface area contributed by atoms with Crippen molar-refractivity contribution in [2.75, 3.05) is 30.5 Å². The first-order valence-electron chi connectivity index (χ1n) is 8.93. The summed E-state index contributed by atoms with van der Waals surface area (Å²) in [5.41, 5.74) is 1.53. The summed E-state index contributed by atoms with van der Waals surface area (Å²) in [6.07, 6.45) is -0.783. The van der Waals surface area contributed by atoms with Gasteiger partial charge in [0.2, 0.25) is 0 Å². The van der Waals surface area contributed by atoms with Crippen LogP contribution in [0.2, 0.25) is 0 Å². The molecule has 0 saturated heterocycles.